The molecule has 4 atom stereocenters. The quantitative estimate of drug-likeness (QED) is 0.552. The summed E-state index contributed by atoms with van der Waals surface area (Å²) in [6.45, 7) is 1.84. The summed E-state index contributed by atoms with van der Waals surface area (Å²) >= 11 is 0. The molecule has 2 rings (SSSR count). The third kappa shape index (κ3) is 1.60. The van der Waals surface area contributed by atoms with Crippen LogP contribution in [0.2, 0.25) is 0 Å². The van der Waals surface area contributed by atoms with Crippen molar-refractivity contribution in [1.29, 1.82) is 0 Å². The van der Waals surface area contributed by atoms with Crippen molar-refractivity contribution >= 4 is 12.3 Å². The van der Waals surface area contributed by atoms with Crippen LogP contribution in [-0.2, 0) is 9.47 Å². The van der Waals surface area contributed by atoms with E-state index in [1.807, 2.05) is 19.1 Å². The Balaban J connectivity index is 2.20. The number of rotatable bonds is 2. The fourth-order valence-electron chi connectivity index (χ4n) is 2.60. The molecule has 1 saturated carbocycles. The van der Waals surface area contributed by atoms with Crippen molar-refractivity contribution in [2.24, 2.45) is 11.3 Å². The molecule has 4 unspecified atom stereocenters. The Morgan fingerprint density at radius 3 is 2.50 bits per heavy atom. The van der Waals surface area contributed by atoms with Crippen molar-refractivity contribution in [3.63, 3.8) is 0 Å². The lowest BCUT2D eigenvalue weighted by Crippen LogP contribution is -2.41. The molecule has 2 bridgehead atoms. The van der Waals surface area contributed by atoms with Gasteiger partial charge in [0.15, 0.2) is 6.10 Å². The van der Waals surface area contributed by atoms with Crippen molar-refractivity contribution in [3.8, 4) is 0 Å². The highest BCUT2D eigenvalue weighted by atomic mass is 16.7. The van der Waals surface area contributed by atoms with Gasteiger partial charge in [0, 0.05) is 11.3 Å². The lowest BCUT2D eigenvalue weighted by Gasteiger charge is -2.30. The predicted molar refractivity (Wildman–Crippen MR) is 51.1 cm³/mol. The summed E-state index contributed by atoms with van der Waals surface area (Å²) in [5.74, 6) is -0.0922. The van der Waals surface area contributed by atoms with E-state index in [4.69, 9.17) is 19.7 Å². The van der Waals surface area contributed by atoms with E-state index in [1.54, 1.807) is 0 Å². The van der Waals surface area contributed by atoms with Crippen LogP contribution in [0.5, 0.6) is 0 Å². The summed E-state index contributed by atoms with van der Waals surface area (Å²) in [5.41, 5.74) is -0.455. The highest BCUT2D eigenvalue weighted by molar-refractivity contribution is 5.59. The average Bonchev–Trinajstić information content (AvgIpc) is 2.62. The maximum absolute atomic E-state index is 10.6. The summed E-state index contributed by atoms with van der Waals surface area (Å²) in [6.07, 6.45) is 0.0740. The highest BCUT2D eigenvalue weighted by Crippen LogP contribution is 2.51. The average molecular weight is 228 g/mol. The largest absolute Gasteiger partial charge is 0.506 e. The molecule has 0 saturated heterocycles. The summed E-state index contributed by atoms with van der Waals surface area (Å²) in [5, 5.41) is 17.2. The third-order valence-electron chi connectivity index (χ3n) is 3.23. The number of hydrogen-bond acceptors (Lipinski definition) is 4. The van der Waals surface area contributed by atoms with Crippen LogP contribution in [0.15, 0.2) is 12.2 Å². The summed E-state index contributed by atoms with van der Waals surface area (Å²) < 4.78 is 9.44. The van der Waals surface area contributed by atoms with Gasteiger partial charge in [-0.2, -0.15) is 0 Å². The predicted octanol–water partition coefficient (Wildman–Crippen LogP) is 1.71. The van der Waals surface area contributed by atoms with Gasteiger partial charge in [0.25, 0.3) is 0 Å². The van der Waals surface area contributed by atoms with Gasteiger partial charge in [0.05, 0.1) is 0 Å². The minimum atomic E-state index is -1.41. The maximum Gasteiger partial charge on any atom is 0.506 e. The monoisotopic (exact) mass is 228 g/mol. The maximum atomic E-state index is 10.6. The molecule has 2 N–H and O–H groups in total. The molecule has 6 nitrogen and oxygen atoms in total. The second-order valence-corrected chi connectivity index (χ2v) is 4.39. The molecule has 2 aliphatic rings. The van der Waals surface area contributed by atoms with Crippen molar-refractivity contribution in [2.45, 2.75) is 25.6 Å². The number of fused-ring (bicyclic) bond motifs is 2. The molecule has 0 aromatic carbocycles. The lowest BCUT2D eigenvalue weighted by molar-refractivity contribution is -0.0588. The molecule has 0 spiro atoms. The zero-order valence-corrected chi connectivity index (χ0v) is 8.62. The fourth-order valence-corrected chi connectivity index (χ4v) is 2.60. The Morgan fingerprint density at radius 1 is 1.31 bits per heavy atom. The first-order chi connectivity index (χ1) is 7.42. The van der Waals surface area contributed by atoms with E-state index >= 15 is 0 Å². The smallest absolute Gasteiger partial charge is 0.450 e. The van der Waals surface area contributed by atoms with E-state index in [0.29, 0.717) is 6.42 Å². The molecule has 0 amide bonds. The molecule has 1 fully saturated rings. The normalized spacial score (nSPS) is 39.7. The topological polar surface area (TPSA) is 93.1 Å². The molecular formula is C10H12O6. The molecule has 0 aromatic rings. The van der Waals surface area contributed by atoms with Crippen LogP contribution >= 0.6 is 0 Å². The van der Waals surface area contributed by atoms with Gasteiger partial charge in [-0.15, -0.1) is 0 Å². The van der Waals surface area contributed by atoms with Gasteiger partial charge in [-0.05, 0) is 6.42 Å². The van der Waals surface area contributed by atoms with Crippen LogP contribution in [-0.4, -0.2) is 34.7 Å². The van der Waals surface area contributed by atoms with E-state index in [1.165, 1.54) is 0 Å². The molecule has 0 aliphatic heterocycles. The molecule has 6 heteroatoms. The molecule has 16 heavy (non-hydrogen) atoms. The Bertz CT molecular complexity index is 362. The summed E-state index contributed by atoms with van der Waals surface area (Å²) in [6, 6.07) is 0. The molecule has 0 heterocycles. The van der Waals surface area contributed by atoms with Gasteiger partial charge < -0.3 is 19.7 Å². The van der Waals surface area contributed by atoms with Crippen LogP contribution < -0.4 is 0 Å². The van der Waals surface area contributed by atoms with Gasteiger partial charge in [-0.3, -0.25) is 0 Å². The number of ether oxygens (including phenoxy) is 2. The van der Waals surface area contributed by atoms with E-state index in [-0.39, 0.29) is 5.92 Å². The minimum Gasteiger partial charge on any atom is -0.450 e. The zero-order chi connectivity index (χ0) is 11.9. The minimum absolute atomic E-state index is 0.0922. The van der Waals surface area contributed by atoms with E-state index in [2.05, 4.69) is 0 Å². The molecule has 0 aromatic heterocycles. The molecule has 2 aliphatic carbocycles. The van der Waals surface area contributed by atoms with Gasteiger partial charge in [-0.25, -0.2) is 9.59 Å². The van der Waals surface area contributed by atoms with Crippen molar-refractivity contribution in [1.82, 2.24) is 0 Å². The standard InChI is InChI=1S/C10H12O6/c1-10-3-2-5(4-10)6(15-8(11)12)7(10)16-9(13)14/h2-3,5-7H,4H2,1H3,(H,11,12)(H,13,14). The molecular weight excluding hydrogens is 216 g/mol. The fraction of sp³-hybridized carbons (Fsp3) is 0.600. The SMILES string of the molecule is CC12C=CC(C1)C(OC(=O)O)C2OC(=O)O. The highest BCUT2D eigenvalue weighted by Gasteiger charge is 2.56. The van der Waals surface area contributed by atoms with E-state index < -0.39 is 29.9 Å². The number of carbonyl (C=O) groups is 2. The number of carboxylic acid groups (broad SMARTS) is 2. The van der Waals surface area contributed by atoms with E-state index in [9.17, 15) is 9.59 Å². The molecule has 88 valence electrons. The van der Waals surface area contributed by atoms with Gasteiger partial charge in [0.1, 0.15) is 6.10 Å². The Kier molecular flexibility index (Phi) is 2.29. The summed E-state index contributed by atoms with van der Waals surface area (Å²) in [7, 11) is 0. The Morgan fingerprint density at radius 2 is 1.94 bits per heavy atom. The first kappa shape index (κ1) is 10.8. The van der Waals surface area contributed by atoms with Gasteiger partial charge in [0.2, 0.25) is 0 Å². The van der Waals surface area contributed by atoms with Crippen LogP contribution in [0.3, 0.4) is 0 Å². The lowest BCUT2D eigenvalue weighted by atomic mass is 9.87. The molecule has 0 radical (unpaired) electrons. The Hall–Kier alpha value is -1.72. The van der Waals surface area contributed by atoms with Crippen LogP contribution in [0.1, 0.15) is 13.3 Å². The van der Waals surface area contributed by atoms with Gasteiger partial charge in [-0.1, -0.05) is 19.1 Å². The zero-order valence-electron chi connectivity index (χ0n) is 8.62. The third-order valence-corrected chi connectivity index (χ3v) is 3.23. The second-order valence-electron chi connectivity index (χ2n) is 4.39. The van der Waals surface area contributed by atoms with Crippen LogP contribution in [0.4, 0.5) is 9.59 Å². The van der Waals surface area contributed by atoms with Crippen LogP contribution in [0, 0.1) is 11.3 Å². The van der Waals surface area contributed by atoms with Crippen molar-refractivity contribution < 1.29 is 29.3 Å². The first-order valence-electron chi connectivity index (χ1n) is 4.91. The van der Waals surface area contributed by atoms with Crippen molar-refractivity contribution in [3.05, 3.63) is 12.2 Å². The van der Waals surface area contributed by atoms with Crippen molar-refractivity contribution in [2.75, 3.05) is 0 Å². The first-order valence-corrected chi connectivity index (χ1v) is 4.91. The van der Waals surface area contributed by atoms with E-state index in [0.717, 1.165) is 0 Å². The van der Waals surface area contributed by atoms with Crippen LogP contribution in [0.25, 0.3) is 0 Å². The Labute approximate surface area is 91.5 Å². The second kappa shape index (κ2) is 3.40. The summed E-state index contributed by atoms with van der Waals surface area (Å²) in [4.78, 5) is 21.1. The number of hydrogen-bond donors (Lipinski definition) is 2. The van der Waals surface area contributed by atoms with Gasteiger partial charge >= 0.3 is 12.3 Å².